The second-order valence-electron chi connectivity index (χ2n) is 5.30. The minimum atomic E-state index is -3.87. The lowest BCUT2D eigenvalue weighted by molar-refractivity contribution is 0.0865. The Morgan fingerprint density at radius 3 is 2.57 bits per heavy atom. The van der Waals surface area contributed by atoms with E-state index in [0.717, 1.165) is 12.0 Å². The van der Waals surface area contributed by atoms with Gasteiger partial charge in [-0.05, 0) is 50.5 Å². The highest BCUT2D eigenvalue weighted by atomic mass is 35.7. The number of benzene rings is 1. The van der Waals surface area contributed by atoms with Crippen molar-refractivity contribution in [3.05, 3.63) is 28.8 Å². The summed E-state index contributed by atoms with van der Waals surface area (Å²) in [5.41, 5.74) is 1.77. The normalized spacial score (nSPS) is 22.3. The first-order valence-electron chi connectivity index (χ1n) is 6.68. The van der Waals surface area contributed by atoms with E-state index in [0.29, 0.717) is 17.7 Å². The average Bonchev–Trinajstić information content (AvgIpc) is 2.76. The molecule has 1 aliphatic rings. The van der Waals surface area contributed by atoms with Crippen LogP contribution in [0.4, 0.5) is 0 Å². The summed E-state index contributed by atoms with van der Waals surface area (Å²) < 4.78 is 28.4. The number of nitrogens with one attached hydrogen (secondary N) is 1. The molecule has 7 heteroatoms. The fraction of sp³-hybridized carbons (Fsp3) is 0.500. The molecule has 1 N–H and O–H groups in total. The molecule has 1 heterocycles. The molecule has 0 saturated carbocycles. The third-order valence-corrected chi connectivity index (χ3v) is 5.19. The van der Waals surface area contributed by atoms with Gasteiger partial charge in [0.1, 0.15) is 0 Å². The maximum Gasteiger partial charge on any atom is 0.261 e. The van der Waals surface area contributed by atoms with E-state index in [1.807, 2.05) is 6.92 Å². The number of halogens is 1. The molecule has 0 aromatic heterocycles. The van der Waals surface area contributed by atoms with E-state index in [1.165, 1.54) is 12.1 Å². The van der Waals surface area contributed by atoms with Gasteiger partial charge in [0.05, 0.1) is 17.0 Å². The van der Waals surface area contributed by atoms with Gasteiger partial charge in [-0.2, -0.15) is 0 Å². The Balaban J connectivity index is 2.34. The fourth-order valence-corrected chi connectivity index (χ4v) is 3.21. The van der Waals surface area contributed by atoms with Crippen molar-refractivity contribution in [2.24, 2.45) is 0 Å². The highest BCUT2D eigenvalue weighted by Gasteiger charge is 2.27. The van der Waals surface area contributed by atoms with Gasteiger partial charge in [0.15, 0.2) is 0 Å². The van der Waals surface area contributed by atoms with Gasteiger partial charge in [-0.25, -0.2) is 8.42 Å². The van der Waals surface area contributed by atoms with Crippen molar-refractivity contribution in [2.45, 2.75) is 44.2 Å². The molecule has 116 valence electrons. The number of aryl methyl sites for hydroxylation is 1. The summed E-state index contributed by atoms with van der Waals surface area (Å²) in [7, 11) is 1.50. The van der Waals surface area contributed by atoms with Gasteiger partial charge in [0.25, 0.3) is 15.0 Å². The minimum Gasteiger partial charge on any atom is -0.376 e. The van der Waals surface area contributed by atoms with Crippen molar-refractivity contribution in [3.63, 3.8) is 0 Å². The number of carbonyl (C=O) groups is 1. The molecule has 0 bridgehead atoms. The second-order valence-corrected chi connectivity index (χ2v) is 7.86. The average molecular weight is 332 g/mol. The smallest absolute Gasteiger partial charge is 0.261 e. The molecule has 2 atom stereocenters. The molecule has 1 amide bonds. The van der Waals surface area contributed by atoms with E-state index in [4.69, 9.17) is 15.4 Å². The Labute approximate surface area is 129 Å². The number of carbonyl (C=O) groups excluding carboxylic acids is 1. The maximum absolute atomic E-state index is 12.4. The SMILES string of the molecule is Cc1cc(S(=O)(=O)Cl)cc(C(=O)NC2CCOC2C)c1C. The van der Waals surface area contributed by atoms with Crippen molar-refractivity contribution in [1.29, 1.82) is 0 Å². The molecule has 1 aliphatic heterocycles. The quantitative estimate of drug-likeness (QED) is 0.861. The van der Waals surface area contributed by atoms with Gasteiger partial charge in [-0.15, -0.1) is 0 Å². The fourth-order valence-electron chi connectivity index (χ4n) is 2.37. The van der Waals surface area contributed by atoms with Crippen LogP contribution in [-0.2, 0) is 13.8 Å². The van der Waals surface area contributed by atoms with E-state index in [2.05, 4.69) is 5.32 Å². The van der Waals surface area contributed by atoms with Crippen molar-refractivity contribution < 1.29 is 17.9 Å². The zero-order chi connectivity index (χ0) is 15.8. The largest absolute Gasteiger partial charge is 0.376 e. The zero-order valence-electron chi connectivity index (χ0n) is 12.1. The predicted molar refractivity (Wildman–Crippen MR) is 80.2 cm³/mol. The van der Waals surface area contributed by atoms with Crippen molar-refractivity contribution in [2.75, 3.05) is 6.61 Å². The van der Waals surface area contributed by atoms with Crippen LogP contribution in [0.2, 0.25) is 0 Å². The van der Waals surface area contributed by atoms with Gasteiger partial charge in [-0.3, -0.25) is 4.79 Å². The summed E-state index contributed by atoms with van der Waals surface area (Å²) in [4.78, 5) is 12.3. The van der Waals surface area contributed by atoms with Crippen LogP contribution in [0.25, 0.3) is 0 Å². The van der Waals surface area contributed by atoms with E-state index < -0.39 is 9.05 Å². The lowest BCUT2D eigenvalue weighted by Gasteiger charge is -2.18. The first-order valence-corrected chi connectivity index (χ1v) is 8.99. The molecular formula is C14H18ClNO4S. The topological polar surface area (TPSA) is 72.5 Å². The molecular weight excluding hydrogens is 314 g/mol. The first-order chi connectivity index (χ1) is 9.70. The number of rotatable bonds is 3. The molecule has 5 nitrogen and oxygen atoms in total. The van der Waals surface area contributed by atoms with E-state index in [9.17, 15) is 13.2 Å². The third kappa shape index (κ3) is 3.56. The lowest BCUT2D eigenvalue weighted by atomic mass is 10.0. The molecule has 0 radical (unpaired) electrons. The molecule has 1 aromatic carbocycles. The van der Waals surface area contributed by atoms with Crippen molar-refractivity contribution >= 4 is 25.6 Å². The number of hydrogen-bond donors (Lipinski definition) is 1. The van der Waals surface area contributed by atoms with Crippen LogP contribution in [0.15, 0.2) is 17.0 Å². The van der Waals surface area contributed by atoms with Gasteiger partial charge < -0.3 is 10.1 Å². The Morgan fingerprint density at radius 2 is 2.05 bits per heavy atom. The molecule has 2 rings (SSSR count). The van der Waals surface area contributed by atoms with E-state index >= 15 is 0 Å². The van der Waals surface area contributed by atoms with Crippen LogP contribution in [0.5, 0.6) is 0 Å². The second kappa shape index (κ2) is 5.94. The van der Waals surface area contributed by atoms with Gasteiger partial charge in [0, 0.05) is 22.9 Å². The van der Waals surface area contributed by atoms with Gasteiger partial charge in [0.2, 0.25) is 0 Å². The summed E-state index contributed by atoms with van der Waals surface area (Å²) in [5, 5.41) is 2.89. The summed E-state index contributed by atoms with van der Waals surface area (Å²) in [6.07, 6.45) is 0.702. The maximum atomic E-state index is 12.4. The number of hydrogen-bond acceptors (Lipinski definition) is 4. The van der Waals surface area contributed by atoms with Crippen LogP contribution in [0.1, 0.15) is 34.8 Å². The Hall–Kier alpha value is -1.11. The summed E-state index contributed by atoms with van der Waals surface area (Å²) >= 11 is 0. The molecule has 1 fully saturated rings. The standard InChI is InChI=1S/C14H18ClNO4S/c1-8-6-11(21(15,18)19)7-12(9(8)2)14(17)16-13-4-5-20-10(13)3/h6-7,10,13H,4-5H2,1-3H3,(H,16,17). The number of ether oxygens (including phenoxy) is 1. The molecule has 2 unspecified atom stereocenters. The summed E-state index contributed by atoms with van der Waals surface area (Å²) in [6.45, 7) is 6.04. The Morgan fingerprint density at radius 1 is 1.38 bits per heavy atom. The van der Waals surface area contributed by atoms with E-state index in [1.54, 1.807) is 13.8 Å². The van der Waals surface area contributed by atoms with Crippen LogP contribution in [0, 0.1) is 13.8 Å². The van der Waals surface area contributed by atoms with E-state index in [-0.39, 0.29) is 22.9 Å². The lowest BCUT2D eigenvalue weighted by Crippen LogP contribution is -2.39. The predicted octanol–water partition coefficient (Wildman–Crippen LogP) is 2.14. The van der Waals surface area contributed by atoms with Crippen molar-refractivity contribution in [3.8, 4) is 0 Å². The third-order valence-electron chi connectivity index (χ3n) is 3.86. The van der Waals surface area contributed by atoms with Crippen molar-refractivity contribution in [1.82, 2.24) is 5.32 Å². The number of amides is 1. The van der Waals surface area contributed by atoms with Crippen LogP contribution >= 0.6 is 10.7 Å². The van der Waals surface area contributed by atoms with Crippen LogP contribution in [-0.4, -0.2) is 33.1 Å². The summed E-state index contributed by atoms with van der Waals surface area (Å²) in [6, 6.07) is 2.73. The minimum absolute atomic E-state index is 0.0460. The zero-order valence-corrected chi connectivity index (χ0v) is 13.7. The van der Waals surface area contributed by atoms with Crippen LogP contribution in [0.3, 0.4) is 0 Å². The Bertz CT molecular complexity index is 672. The van der Waals surface area contributed by atoms with Gasteiger partial charge in [-0.1, -0.05) is 0 Å². The summed E-state index contributed by atoms with van der Waals surface area (Å²) in [5.74, 6) is -0.305. The van der Waals surface area contributed by atoms with Crippen LogP contribution < -0.4 is 5.32 Å². The highest BCUT2D eigenvalue weighted by molar-refractivity contribution is 8.13. The van der Waals surface area contributed by atoms with Gasteiger partial charge >= 0.3 is 0 Å². The molecule has 21 heavy (non-hydrogen) atoms. The highest BCUT2D eigenvalue weighted by Crippen LogP contribution is 2.23. The molecule has 1 aromatic rings. The molecule has 0 spiro atoms. The monoisotopic (exact) mass is 331 g/mol. The molecule has 1 saturated heterocycles. The Kier molecular flexibility index (Phi) is 4.60. The first kappa shape index (κ1) is 16.3. The molecule has 0 aliphatic carbocycles.